The molecule has 1 nitrogen and oxygen atoms in total. The lowest BCUT2D eigenvalue weighted by Gasteiger charge is -2.37. The average Bonchev–Trinajstić information content (AvgIpc) is 3.12. The number of hydrogen-bond donors (Lipinski definition) is 1. The molecule has 0 unspecified atom stereocenters. The molecule has 2 aliphatic rings. The van der Waals surface area contributed by atoms with Crippen LogP contribution in [0, 0.1) is 10.4 Å². The fourth-order valence-electron chi connectivity index (χ4n) is 6.18. The molecular weight excluding hydrogens is 398 g/mol. The van der Waals surface area contributed by atoms with Gasteiger partial charge >= 0.3 is 0 Å². The fourth-order valence-corrected chi connectivity index (χ4v) is 6.18. The zero-order valence-electron chi connectivity index (χ0n) is 19.0. The summed E-state index contributed by atoms with van der Waals surface area (Å²) in [6.07, 6.45) is 6.39. The molecule has 0 aliphatic heterocycles. The van der Waals surface area contributed by atoms with Gasteiger partial charge in [0, 0.05) is 16.8 Å². The minimum atomic E-state index is 0.128. The van der Waals surface area contributed by atoms with Crippen LogP contribution in [0.1, 0.15) is 43.2 Å². The molecule has 0 radical (unpaired) electrons. The van der Waals surface area contributed by atoms with Crippen molar-refractivity contribution in [2.75, 3.05) is 5.32 Å². The Morgan fingerprint density at radius 3 is 2.21 bits per heavy atom. The van der Waals surface area contributed by atoms with E-state index in [1.165, 1.54) is 60.0 Å². The van der Waals surface area contributed by atoms with Gasteiger partial charge in [-0.3, -0.25) is 0 Å². The number of nitrogens with one attached hydrogen (secondary N) is 1. The van der Waals surface area contributed by atoms with Gasteiger partial charge in [0.2, 0.25) is 0 Å². The van der Waals surface area contributed by atoms with Crippen LogP contribution >= 0.6 is 0 Å². The molecule has 33 heavy (non-hydrogen) atoms. The summed E-state index contributed by atoms with van der Waals surface area (Å²) in [6, 6.07) is 30.6. The van der Waals surface area contributed by atoms with Crippen LogP contribution in [0.5, 0.6) is 0 Å². The number of benzene rings is 4. The molecule has 0 atom stereocenters. The van der Waals surface area contributed by atoms with Gasteiger partial charge in [-0.1, -0.05) is 99.2 Å². The van der Waals surface area contributed by atoms with E-state index in [0.29, 0.717) is 0 Å². The molecule has 1 N–H and O–H groups in total. The number of rotatable bonds is 2. The highest BCUT2D eigenvalue weighted by Gasteiger charge is 2.45. The Balaban J connectivity index is 1.54. The monoisotopic (exact) mass is 427 g/mol. The van der Waals surface area contributed by atoms with Crippen molar-refractivity contribution in [2.45, 2.75) is 37.5 Å². The van der Waals surface area contributed by atoms with Crippen molar-refractivity contribution < 1.29 is 0 Å². The van der Waals surface area contributed by atoms with Crippen molar-refractivity contribution in [3.05, 3.63) is 117 Å². The Hall–Kier alpha value is -3.58. The molecule has 6 rings (SSSR count). The second-order valence-electron chi connectivity index (χ2n) is 9.57. The molecule has 0 amide bonds. The summed E-state index contributed by atoms with van der Waals surface area (Å²) in [5.74, 6) is 0. The first-order valence-electron chi connectivity index (χ1n) is 12.1. The first-order valence-corrected chi connectivity index (χ1v) is 12.1. The molecule has 1 fully saturated rings. The van der Waals surface area contributed by atoms with Crippen molar-refractivity contribution in [3.63, 3.8) is 0 Å². The Morgan fingerprint density at radius 2 is 1.36 bits per heavy atom. The highest BCUT2D eigenvalue weighted by Crippen LogP contribution is 2.58. The van der Waals surface area contributed by atoms with Gasteiger partial charge in [-0.25, -0.2) is 0 Å². The Morgan fingerprint density at radius 1 is 0.636 bits per heavy atom. The van der Waals surface area contributed by atoms with Crippen LogP contribution in [0.4, 0.5) is 11.4 Å². The largest absolute Gasteiger partial charge is 0.355 e. The summed E-state index contributed by atoms with van der Waals surface area (Å²) in [5, 5.41) is 8.14. The molecular formula is C32H29N. The second kappa shape index (κ2) is 7.78. The predicted octanol–water partition coefficient (Wildman–Crippen LogP) is 6.77. The summed E-state index contributed by atoms with van der Waals surface area (Å²) in [4.78, 5) is 0. The second-order valence-corrected chi connectivity index (χ2v) is 9.57. The Bertz CT molecular complexity index is 1560. The van der Waals surface area contributed by atoms with Crippen molar-refractivity contribution in [2.24, 2.45) is 0 Å². The summed E-state index contributed by atoms with van der Waals surface area (Å²) >= 11 is 0. The quantitative estimate of drug-likeness (QED) is 0.372. The lowest BCUT2D eigenvalue weighted by Crippen LogP contribution is -2.28. The van der Waals surface area contributed by atoms with Crippen LogP contribution < -0.4 is 15.8 Å². The van der Waals surface area contributed by atoms with Crippen molar-refractivity contribution in [3.8, 4) is 11.1 Å². The zero-order valence-corrected chi connectivity index (χ0v) is 19.0. The Labute approximate surface area is 195 Å². The molecule has 0 bridgehead atoms. The van der Waals surface area contributed by atoms with E-state index < -0.39 is 0 Å². The SMILES string of the molecule is C=c1cccc/c1=c1\cc(Nc2cccc3c2C2(CCCCC2)c2ccccc2-3)ccc1=C. The first kappa shape index (κ1) is 20.1. The van der Waals surface area contributed by atoms with Crippen molar-refractivity contribution in [1.82, 2.24) is 0 Å². The van der Waals surface area contributed by atoms with Gasteiger partial charge in [0.1, 0.15) is 0 Å². The van der Waals surface area contributed by atoms with Crippen LogP contribution in [-0.2, 0) is 5.41 Å². The Kier molecular flexibility index (Phi) is 4.73. The third-order valence-corrected chi connectivity index (χ3v) is 7.68. The van der Waals surface area contributed by atoms with Gasteiger partial charge in [-0.2, -0.15) is 0 Å². The minimum absolute atomic E-state index is 0.128. The van der Waals surface area contributed by atoms with Crippen LogP contribution in [0.3, 0.4) is 0 Å². The third kappa shape index (κ3) is 3.15. The van der Waals surface area contributed by atoms with Crippen molar-refractivity contribution >= 4 is 24.5 Å². The van der Waals surface area contributed by atoms with Crippen LogP contribution in [0.25, 0.3) is 24.3 Å². The van der Waals surface area contributed by atoms with E-state index in [9.17, 15) is 0 Å². The molecule has 1 spiro atoms. The van der Waals surface area contributed by atoms with E-state index in [-0.39, 0.29) is 5.41 Å². The molecule has 162 valence electrons. The van der Waals surface area contributed by atoms with Gasteiger partial charge in [0.25, 0.3) is 0 Å². The lowest BCUT2D eigenvalue weighted by atomic mass is 9.67. The number of hydrogen-bond acceptors (Lipinski definition) is 1. The molecule has 0 heterocycles. The van der Waals surface area contributed by atoms with Gasteiger partial charge in [0.15, 0.2) is 0 Å². The molecule has 2 aliphatic carbocycles. The standard InChI is InChI=1S/C32H29N/c1-22-11-4-5-12-25(22)28-21-24(18-17-23(28)2)33-30-16-10-14-27-26-13-6-7-15-29(26)32(31(27)30)19-8-3-9-20-32/h4-7,10-18,21,33H,1-3,8-9,19-20H2/b28-25-. The maximum Gasteiger partial charge on any atom is 0.0432 e. The van der Waals surface area contributed by atoms with Gasteiger partial charge in [-0.05, 0) is 74.2 Å². The zero-order chi connectivity index (χ0) is 22.4. The van der Waals surface area contributed by atoms with E-state index >= 15 is 0 Å². The molecule has 1 heteroatoms. The highest BCUT2D eigenvalue weighted by atomic mass is 14.9. The van der Waals surface area contributed by atoms with E-state index in [0.717, 1.165) is 26.6 Å². The molecule has 0 saturated heterocycles. The smallest absolute Gasteiger partial charge is 0.0432 e. The van der Waals surface area contributed by atoms with Gasteiger partial charge in [-0.15, -0.1) is 0 Å². The third-order valence-electron chi connectivity index (χ3n) is 7.68. The van der Waals surface area contributed by atoms with E-state index in [4.69, 9.17) is 0 Å². The maximum atomic E-state index is 4.28. The number of anilines is 2. The maximum absolute atomic E-state index is 4.28. The summed E-state index contributed by atoms with van der Waals surface area (Å²) in [5.41, 5.74) is 8.28. The fraction of sp³-hybridized carbons (Fsp3) is 0.188. The molecule has 4 aromatic carbocycles. The average molecular weight is 428 g/mol. The number of fused-ring (bicyclic) bond motifs is 5. The molecule has 4 aromatic rings. The topological polar surface area (TPSA) is 12.0 Å². The summed E-state index contributed by atoms with van der Waals surface area (Å²) < 4.78 is 0. The van der Waals surface area contributed by atoms with Crippen LogP contribution in [0.15, 0.2) is 84.9 Å². The summed E-state index contributed by atoms with van der Waals surface area (Å²) in [6.45, 7) is 8.51. The molecule has 0 aromatic heterocycles. The van der Waals surface area contributed by atoms with E-state index in [1.54, 1.807) is 0 Å². The van der Waals surface area contributed by atoms with Gasteiger partial charge in [0.05, 0.1) is 0 Å². The normalized spacial score (nSPS) is 16.8. The van der Waals surface area contributed by atoms with Gasteiger partial charge < -0.3 is 5.32 Å². The molecule has 1 saturated carbocycles. The highest BCUT2D eigenvalue weighted by molar-refractivity contribution is 5.87. The van der Waals surface area contributed by atoms with Crippen LogP contribution in [-0.4, -0.2) is 0 Å². The van der Waals surface area contributed by atoms with E-state index in [1.807, 2.05) is 6.07 Å². The predicted molar refractivity (Wildman–Crippen MR) is 140 cm³/mol. The lowest BCUT2D eigenvalue weighted by molar-refractivity contribution is 0.353. The van der Waals surface area contributed by atoms with Crippen LogP contribution in [0.2, 0.25) is 0 Å². The summed E-state index contributed by atoms with van der Waals surface area (Å²) in [7, 11) is 0. The first-order chi connectivity index (χ1) is 16.2. The minimum Gasteiger partial charge on any atom is -0.355 e. The van der Waals surface area contributed by atoms with Crippen molar-refractivity contribution in [1.29, 1.82) is 0 Å². The van der Waals surface area contributed by atoms with E-state index in [2.05, 4.69) is 97.3 Å².